The lowest BCUT2D eigenvalue weighted by Gasteiger charge is -2.20. The van der Waals surface area contributed by atoms with Crippen LogP contribution in [0.4, 0.5) is 0 Å². The highest BCUT2D eigenvalue weighted by molar-refractivity contribution is 5.78. The fraction of sp³-hybridized carbons (Fsp3) is 0.588. The van der Waals surface area contributed by atoms with Gasteiger partial charge < -0.3 is 45.1 Å². The lowest BCUT2D eigenvalue weighted by atomic mass is 10.1. The molecule has 24 heavy (non-hydrogen) atoms. The molecule has 1 aromatic carbocycles. The topological polar surface area (TPSA) is 53.6 Å². The van der Waals surface area contributed by atoms with Crippen LogP contribution < -0.4 is 40.2 Å². The molecule has 0 saturated carbocycles. The highest BCUT2D eigenvalue weighted by Crippen LogP contribution is 2.12. The molecular formula is C17H29Cl2N3O2-2. The summed E-state index contributed by atoms with van der Waals surface area (Å²) in [4.78, 5) is 13.8. The number of carbonyl (C=O) groups is 1. The van der Waals surface area contributed by atoms with Crippen LogP contribution in [-0.2, 0) is 11.3 Å². The molecule has 0 aliphatic carbocycles. The minimum Gasteiger partial charge on any atom is -1.00 e. The van der Waals surface area contributed by atoms with Gasteiger partial charge in [-0.2, -0.15) is 0 Å². The lowest BCUT2D eigenvalue weighted by Crippen LogP contribution is -3.00. The summed E-state index contributed by atoms with van der Waals surface area (Å²) in [7, 11) is 4.12. The highest BCUT2D eigenvalue weighted by Gasteiger charge is 2.13. The monoisotopic (exact) mass is 377 g/mol. The van der Waals surface area contributed by atoms with Crippen LogP contribution in [0.1, 0.15) is 26.3 Å². The summed E-state index contributed by atoms with van der Waals surface area (Å²) in [6.45, 7) is 8.69. The van der Waals surface area contributed by atoms with Gasteiger partial charge in [0.05, 0.1) is 0 Å². The van der Waals surface area contributed by atoms with Crippen molar-refractivity contribution in [3.63, 3.8) is 0 Å². The fourth-order valence-corrected chi connectivity index (χ4v) is 1.84. The van der Waals surface area contributed by atoms with Crippen molar-refractivity contribution in [1.29, 1.82) is 0 Å². The van der Waals surface area contributed by atoms with Crippen LogP contribution in [0.25, 0.3) is 0 Å². The molecule has 0 fully saturated rings. The van der Waals surface area contributed by atoms with Gasteiger partial charge in [0.25, 0.3) is 5.91 Å². The van der Waals surface area contributed by atoms with Crippen LogP contribution in [0.2, 0.25) is 0 Å². The minimum absolute atomic E-state index is 0. The zero-order valence-corrected chi connectivity index (χ0v) is 16.7. The van der Waals surface area contributed by atoms with E-state index in [1.807, 2.05) is 45.0 Å². The van der Waals surface area contributed by atoms with Crippen molar-refractivity contribution in [2.75, 3.05) is 33.8 Å². The van der Waals surface area contributed by atoms with Crippen LogP contribution >= 0.6 is 0 Å². The van der Waals surface area contributed by atoms with Gasteiger partial charge in [0.15, 0.2) is 6.61 Å². The average Bonchev–Trinajstić information content (AvgIpc) is 2.40. The summed E-state index contributed by atoms with van der Waals surface area (Å²) in [6, 6.07) is 7.82. The number of likely N-dealkylation sites (N-methyl/N-ethyl adjacent to an activating group) is 1. The lowest BCUT2D eigenvalue weighted by molar-refractivity contribution is -0.124. The molecule has 1 amide bonds. The number of rotatable bonds is 8. The van der Waals surface area contributed by atoms with E-state index < -0.39 is 0 Å². The number of carbonyl (C=O) groups excluding carboxylic acids is 1. The molecule has 7 heteroatoms. The Labute approximate surface area is 158 Å². The minimum atomic E-state index is -0.234. The Morgan fingerprint density at radius 3 is 2.21 bits per heavy atom. The first-order valence-electron chi connectivity index (χ1n) is 7.64. The molecule has 0 aliphatic heterocycles. The highest BCUT2D eigenvalue weighted by atomic mass is 35.5. The van der Waals surface area contributed by atoms with Crippen LogP contribution in [0.5, 0.6) is 5.75 Å². The smallest absolute Gasteiger partial charge is 0.258 e. The van der Waals surface area contributed by atoms with Gasteiger partial charge in [-0.3, -0.25) is 4.79 Å². The van der Waals surface area contributed by atoms with E-state index in [9.17, 15) is 4.79 Å². The molecule has 0 atom stereocenters. The largest absolute Gasteiger partial charge is 1.00 e. The van der Waals surface area contributed by atoms with Crippen molar-refractivity contribution in [3.05, 3.63) is 29.8 Å². The summed E-state index contributed by atoms with van der Waals surface area (Å²) < 4.78 is 5.49. The van der Waals surface area contributed by atoms with Crippen LogP contribution in [0, 0.1) is 0 Å². The standard InChI is InChI=1S/C17H29N3O2.2ClH/c1-17(2,3)19-16(21)13-22-15-8-6-14(7-9-15)12-18-10-11-20(4)5;;/h6-9,18H,10-13H2,1-5H3,(H,19,21);2*1H/p-2. The molecule has 0 aromatic heterocycles. The third kappa shape index (κ3) is 12.4. The molecular weight excluding hydrogens is 349 g/mol. The summed E-state index contributed by atoms with van der Waals surface area (Å²) in [5.74, 6) is 0.600. The van der Waals surface area contributed by atoms with Crippen molar-refractivity contribution in [2.24, 2.45) is 0 Å². The number of halogens is 2. The van der Waals surface area contributed by atoms with Gasteiger partial charge in [0.2, 0.25) is 0 Å². The Kier molecular flexibility index (Phi) is 13.0. The number of amides is 1. The maximum absolute atomic E-state index is 11.7. The van der Waals surface area contributed by atoms with E-state index in [-0.39, 0.29) is 42.9 Å². The summed E-state index contributed by atoms with van der Waals surface area (Å²) in [5.41, 5.74) is 0.966. The van der Waals surface area contributed by atoms with Crippen molar-refractivity contribution in [2.45, 2.75) is 32.9 Å². The van der Waals surface area contributed by atoms with E-state index >= 15 is 0 Å². The third-order valence-corrected chi connectivity index (χ3v) is 2.87. The summed E-state index contributed by atoms with van der Waals surface area (Å²) in [5, 5.41) is 6.25. The number of ether oxygens (including phenoxy) is 1. The zero-order chi connectivity index (χ0) is 16.6. The average molecular weight is 378 g/mol. The first-order valence-corrected chi connectivity index (χ1v) is 7.64. The second kappa shape index (κ2) is 12.4. The third-order valence-electron chi connectivity index (χ3n) is 2.87. The molecule has 2 N–H and O–H groups in total. The zero-order valence-electron chi connectivity index (χ0n) is 15.2. The molecule has 1 aromatic rings. The Bertz CT molecular complexity index is 460. The molecule has 0 heterocycles. The van der Waals surface area contributed by atoms with Crippen molar-refractivity contribution in [3.8, 4) is 5.75 Å². The Balaban J connectivity index is 0. The van der Waals surface area contributed by atoms with Crippen LogP contribution in [-0.4, -0.2) is 50.1 Å². The first kappa shape index (κ1) is 25.2. The maximum Gasteiger partial charge on any atom is 0.258 e. The van der Waals surface area contributed by atoms with Crippen molar-refractivity contribution in [1.82, 2.24) is 15.5 Å². The maximum atomic E-state index is 11.7. The number of nitrogens with zero attached hydrogens (tertiary/aromatic N) is 1. The number of nitrogens with one attached hydrogen (secondary N) is 2. The molecule has 0 radical (unpaired) electrons. The number of benzene rings is 1. The molecule has 0 saturated heterocycles. The van der Waals surface area contributed by atoms with Crippen LogP contribution in [0.15, 0.2) is 24.3 Å². The summed E-state index contributed by atoms with van der Waals surface area (Å²) >= 11 is 0. The van der Waals surface area contributed by atoms with Gasteiger partial charge >= 0.3 is 0 Å². The van der Waals surface area contributed by atoms with Gasteiger partial charge in [0, 0.05) is 25.2 Å². The van der Waals surface area contributed by atoms with Gasteiger partial charge in [-0.1, -0.05) is 12.1 Å². The molecule has 140 valence electrons. The number of hydrogen-bond acceptors (Lipinski definition) is 4. The Hall–Kier alpha value is -1.01. The van der Waals surface area contributed by atoms with E-state index in [2.05, 4.69) is 29.6 Å². The van der Waals surface area contributed by atoms with E-state index in [4.69, 9.17) is 4.74 Å². The molecule has 1 rings (SSSR count). The van der Waals surface area contributed by atoms with E-state index in [0.717, 1.165) is 19.6 Å². The predicted molar refractivity (Wildman–Crippen MR) is 90.1 cm³/mol. The van der Waals surface area contributed by atoms with Gasteiger partial charge in [-0.15, -0.1) is 0 Å². The molecule has 5 nitrogen and oxygen atoms in total. The molecule has 0 aliphatic rings. The quantitative estimate of drug-likeness (QED) is 0.449. The second-order valence-corrected chi connectivity index (χ2v) is 6.71. The SMILES string of the molecule is CN(C)CCNCc1ccc(OCC(=O)NC(C)(C)C)cc1.[Cl-].[Cl-]. The Morgan fingerprint density at radius 2 is 1.71 bits per heavy atom. The van der Waals surface area contributed by atoms with Crippen molar-refractivity contribution >= 4 is 5.91 Å². The van der Waals surface area contributed by atoms with E-state index in [1.54, 1.807) is 0 Å². The fourth-order valence-electron chi connectivity index (χ4n) is 1.84. The Morgan fingerprint density at radius 1 is 1.12 bits per heavy atom. The van der Waals surface area contributed by atoms with Crippen LogP contribution in [0.3, 0.4) is 0 Å². The van der Waals surface area contributed by atoms with Gasteiger partial charge in [-0.25, -0.2) is 0 Å². The molecule has 0 bridgehead atoms. The second-order valence-electron chi connectivity index (χ2n) is 6.71. The molecule has 0 spiro atoms. The molecule has 0 unspecified atom stereocenters. The predicted octanol–water partition coefficient (Wildman–Crippen LogP) is -4.36. The number of hydrogen-bond donors (Lipinski definition) is 2. The summed E-state index contributed by atoms with van der Waals surface area (Å²) in [6.07, 6.45) is 0. The van der Waals surface area contributed by atoms with Gasteiger partial charge in [0.1, 0.15) is 5.75 Å². The van der Waals surface area contributed by atoms with E-state index in [1.165, 1.54) is 5.56 Å². The normalized spacial score (nSPS) is 10.6. The van der Waals surface area contributed by atoms with Crippen molar-refractivity contribution < 1.29 is 34.3 Å². The van der Waals surface area contributed by atoms with E-state index in [0.29, 0.717) is 5.75 Å². The van der Waals surface area contributed by atoms with Gasteiger partial charge in [-0.05, 0) is 52.6 Å². The first-order chi connectivity index (χ1) is 10.3.